The molecule has 33 heavy (non-hydrogen) atoms. The van der Waals surface area contributed by atoms with Gasteiger partial charge in [0.15, 0.2) is 0 Å². The Morgan fingerprint density at radius 1 is 0.697 bits per heavy atom. The Morgan fingerprint density at radius 2 is 1.09 bits per heavy atom. The molecular formula is C24H42O9. The maximum atomic E-state index is 11.9. The molecule has 4 N–H and O–H groups in total. The lowest BCUT2D eigenvalue weighted by Gasteiger charge is -2.27. The maximum Gasteiger partial charge on any atom is 0.348 e. The van der Waals surface area contributed by atoms with Crippen LogP contribution in [-0.2, 0) is 23.9 Å². The molecule has 0 aliphatic heterocycles. The highest BCUT2D eigenvalue weighted by Crippen LogP contribution is 2.21. The van der Waals surface area contributed by atoms with Crippen LogP contribution in [0, 0.1) is 0 Å². The monoisotopic (exact) mass is 474 g/mol. The Hall–Kier alpha value is -2.16. The van der Waals surface area contributed by atoms with Crippen LogP contribution in [0.1, 0.15) is 116 Å². The minimum absolute atomic E-state index is 0.134. The van der Waals surface area contributed by atoms with Crippen LogP contribution >= 0.6 is 0 Å². The van der Waals surface area contributed by atoms with Gasteiger partial charge in [-0.2, -0.15) is 0 Å². The molecule has 0 aliphatic rings. The molecule has 9 heteroatoms. The van der Waals surface area contributed by atoms with Crippen molar-refractivity contribution in [3.8, 4) is 0 Å². The van der Waals surface area contributed by atoms with Gasteiger partial charge < -0.3 is 25.2 Å². The van der Waals surface area contributed by atoms with Gasteiger partial charge in [0.1, 0.15) is 0 Å². The molecular weight excluding hydrogens is 432 g/mol. The Morgan fingerprint density at radius 3 is 1.42 bits per heavy atom. The van der Waals surface area contributed by atoms with Crippen molar-refractivity contribution in [2.24, 2.45) is 0 Å². The SMILES string of the molecule is CCCCCCCCCCCCCCCCCC(=O)OC(C(=O)O)C(O)(CC(=O)O)C(=O)O. The van der Waals surface area contributed by atoms with Crippen molar-refractivity contribution < 1.29 is 44.3 Å². The van der Waals surface area contributed by atoms with Gasteiger partial charge in [-0.05, 0) is 6.42 Å². The van der Waals surface area contributed by atoms with E-state index in [0.717, 1.165) is 25.7 Å². The van der Waals surface area contributed by atoms with Crippen molar-refractivity contribution in [3.63, 3.8) is 0 Å². The second-order valence-electron chi connectivity index (χ2n) is 8.71. The molecule has 0 aromatic rings. The second-order valence-corrected chi connectivity index (χ2v) is 8.71. The first-order valence-electron chi connectivity index (χ1n) is 12.2. The minimum Gasteiger partial charge on any atom is -0.481 e. The standard InChI is InChI=1S/C24H42O9/c1-2-3-4-5-6-7-8-9-10-11-12-13-14-15-16-17-20(27)33-21(22(28)29)24(32,23(30)31)18-19(25)26/h21,32H,2-18H2,1H3,(H,25,26)(H,28,29)(H,30,31). The molecule has 0 spiro atoms. The van der Waals surface area contributed by atoms with Crippen LogP contribution in [0.3, 0.4) is 0 Å². The van der Waals surface area contributed by atoms with Crippen LogP contribution in [0.15, 0.2) is 0 Å². The quantitative estimate of drug-likeness (QED) is 0.130. The highest BCUT2D eigenvalue weighted by molar-refractivity contribution is 5.92. The Bertz CT molecular complexity index is 590. The second kappa shape index (κ2) is 18.3. The zero-order chi connectivity index (χ0) is 25.1. The van der Waals surface area contributed by atoms with Crippen LogP contribution in [0.25, 0.3) is 0 Å². The largest absolute Gasteiger partial charge is 0.481 e. The molecule has 0 aromatic heterocycles. The maximum absolute atomic E-state index is 11.9. The summed E-state index contributed by atoms with van der Waals surface area (Å²) in [5.74, 6) is -6.73. The zero-order valence-electron chi connectivity index (χ0n) is 19.9. The van der Waals surface area contributed by atoms with Gasteiger partial charge in [-0.25, -0.2) is 9.59 Å². The van der Waals surface area contributed by atoms with Gasteiger partial charge >= 0.3 is 23.9 Å². The third kappa shape index (κ3) is 14.6. The molecule has 0 saturated heterocycles. The fourth-order valence-corrected chi connectivity index (χ4v) is 3.69. The average molecular weight is 475 g/mol. The molecule has 9 nitrogen and oxygen atoms in total. The third-order valence-corrected chi connectivity index (χ3v) is 5.68. The van der Waals surface area contributed by atoms with Gasteiger partial charge in [0.25, 0.3) is 0 Å². The number of rotatable bonds is 22. The molecule has 2 atom stereocenters. The van der Waals surface area contributed by atoms with Crippen LogP contribution in [-0.4, -0.2) is 56.0 Å². The first-order valence-corrected chi connectivity index (χ1v) is 12.2. The van der Waals surface area contributed by atoms with E-state index in [9.17, 15) is 24.3 Å². The van der Waals surface area contributed by atoms with Crippen molar-refractivity contribution in [2.75, 3.05) is 0 Å². The van der Waals surface area contributed by atoms with E-state index >= 15 is 0 Å². The number of carboxylic acid groups (broad SMARTS) is 3. The predicted molar refractivity (Wildman–Crippen MR) is 122 cm³/mol. The van der Waals surface area contributed by atoms with E-state index in [2.05, 4.69) is 11.7 Å². The molecule has 0 aliphatic carbocycles. The van der Waals surface area contributed by atoms with Gasteiger partial charge in [-0.15, -0.1) is 0 Å². The zero-order valence-corrected chi connectivity index (χ0v) is 19.9. The molecule has 0 fully saturated rings. The van der Waals surface area contributed by atoms with E-state index in [1.54, 1.807) is 0 Å². The van der Waals surface area contributed by atoms with Crippen LogP contribution < -0.4 is 0 Å². The van der Waals surface area contributed by atoms with Gasteiger partial charge in [-0.3, -0.25) is 9.59 Å². The Balaban J connectivity index is 3.94. The normalized spacial score (nSPS) is 13.8. The lowest BCUT2D eigenvalue weighted by molar-refractivity contribution is -0.197. The summed E-state index contributed by atoms with van der Waals surface area (Å²) >= 11 is 0. The fraction of sp³-hybridized carbons (Fsp3) is 0.833. The minimum atomic E-state index is -3.25. The van der Waals surface area contributed by atoms with Gasteiger partial charge in [0.05, 0.1) is 6.42 Å². The number of hydrogen-bond donors (Lipinski definition) is 4. The van der Waals surface area contributed by atoms with Gasteiger partial charge in [-0.1, -0.05) is 96.8 Å². The summed E-state index contributed by atoms with van der Waals surface area (Å²) in [6.45, 7) is 2.22. The van der Waals surface area contributed by atoms with Crippen LogP contribution in [0.4, 0.5) is 0 Å². The molecule has 2 unspecified atom stereocenters. The molecule has 0 amide bonds. The van der Waals surface area contributed by atoms with Crippen molar-refractivity contribution in [1.82, 2.24) is 0 Å². The van der Waals surface area contributed by atoms with E-state index < -0.39 is 42.0 Å². The molecule has 0 heterocycles. The van der Waals surface area contributed by atoms with E-state index in [0.29, 0.717) is 6.42 Å². The summed E-state index contributed by atoms with van der Waals surface area (Å²) in [7, 11) is 0. The first kappa shape index (κ1) is 30.8. The summed E-state index contributed by atoms with van der Waals surface area (Å²) in [6.07, 6.45) is 13.2. The van der Waals surface area contributed by atoms with Crippen LogP contribution in [0.2, 0.25) is 0 Å². The highest BCUT2D eigenvalue weighted by atomic mass is 16.6. The van der Waals surface area contributed by atoms with Gasteiger partial charge in [0, 0.05) is 6.42 Å². The number of esters is 1. The Labute approximate surface area is 196 Å². The number of carbonyl (C=O) groups is 4. The van der Waals surface area contributed by atoms with Crippen molar-refractivity contribution in [2.45, 2.75) is 128 Å². The number of aliphatic carboxylic acids is 3. The number of hydrogen-bond acceptors (Lipinski definition) is 6. The number of unbranched alkanes of at least 4 members (excludes halogenated alkanes) is 14. The Kier molecular flexibility index (Phi) is 17.1. The molecule has 0 radical (unpaired) electrons. The number of ether oxygens (including phenoxy) is 1. The van der Waals surface area contributed by atoms with Crippen molar-refractivity contribution in [1.29, 1.82) is 0 Å². The van der Waals surface area contributed by atoms with Crippen molar-refractivity contribution >= 4 is 23.9 Å². The summed E-state index contributed by atoms with van der Waals surface area (Å²) in [4.78, 5) is 45.2. The van der Waals surface area contributed by atoms with Crippen molar-refractivity contribution in [3.05, 3.63) is 0 Å². The summed E-state index contributed by atoms with van der Waals surface area (Å²) in [6, 6.07) is 0. The lowest BCUT2D eigenvalue weighted by Crippen LogP contribution is -2.56. The number of carbonyl (C=O) groups excluding carboxylic acids is 1. The molecule has 0 saturated carbocycles. The van der Waals surface area contributed by atoms with E-state index in [-0.39, 0.29) is 6.42 Å². The summed E-state index contributed by atoms with van der Waals surface area (Å²) in [5.41, 5.74) is -3.25. The molecule has 0 aromatic carbocycles. The summed E-state index contributed by atoms with van der Waals surface area (Å²) in [5, 5.41) is 37.0. The molecule has 0 bridgehead atoms. The first-order chi connectivity index (χ1) is 15.6. The summed E-state index contributed by atoms with van der Waals surface area (Å²) < 4.78 is 4.63. The number of aliphatic hydroxyl groups is 1. The molecule has 0 rings (SSSR count). The molecule has 192 valence electrons. The van der Waals surface area contributed by atoms with Crippen LogP contribution in [0.5, 0.6) is 0 Å². The highest BCUT2D eigenvalue weighted by Gasteiger charge is 2.52. The topological polar surface area (TPSA) is 158 Å². The lowest BCUT2D eigenvalue weighted by atomic mass is 9.92. The fourth-order valence-electron chi connectivity index (χ4n) is 3.69. The number of carboxylic acids is 3. The van der Waals surface area contributed by atoms with Gasteiger partial charge in [0.2, 0.25) is 11.7 Å². The third-order valence-electron chi connectivity index (χ3n) is 5.68. The predicted octanol–water partition coefficient (Wildman–Crippen LogP) is 4.53. The smallest absolute Gasteiger partial charge is 0.348 e. The van der Waals surface area contributed by atoms with E-state index in [1.165, 1.54) is 64.2 Å². The van der Waals surface area contributed by atoms with E-state index in [4.69, 9.17) is 15.3 Å². The van der Waals surface area contributed by atoms with E-state index in [1.807, 2.05) is 0 Å². The average Bonchev–Trinajstić information content (AvgIpc) is 2.73.